The Morgan fingerprint density at radius 3 is 1.00 bits per heavy atom. The standard InChI is InChI=1S/AsH3O3.K.H/c2-1(3)4;;/h2-4H;;. The van der Waals surface area contributed by atoms with Crippen molar-refractivity contribution < 1.29 is 12.3 Å². The molecule has 0 rings (SSSR count). The van der Waals surface area contributed by atoms with E-state index < -0.39 is 15.7 Å². The van der Waals surface area contributed by atoms with E-state index in [0.717, 1.165) is 0 Å². The third kappa shape index (κ3) is 23.4. The van der Waals surface area contributed by atoms with Crippen molar-refractivity contribution in [3.8, 4) is 0 Å². The Morgan fingerprint density at radius 1 is 1.00 bits per heavy atom. The molecule has 0 aromatic rings. The maximum atomic E-state index is 7.31. The van der Waals surface area contributed by atoms with E-state index in [1.807, 2.05) is 0 Å². The molecule has 0 radical (unpaired) electrons. The van der Waals surface area contributed by atoms with Gasteiger partial charge in [-0.1, -0.05) is 0 Å². The average molecular weight is 166 g/mol. The Kier molecular flexibility index (Phi) is 12.3. The molecule has 0 saturated carbocycles. The molecule has 3 N–H and O–H groups in total. The fraction of sp³-hybridized carbons (Fsp3) is 0. The van der Waals surface area contributed by atoms with Crippen LogP contribution < -0.4 is 0 Å². The fourth-order valence-electron chi connectivity index (χ4n) is 0. The van der Waals surface area contributed by atoms with E-state index in [4.69, 9.17) is 12.3 Å². The molecule has 28 valence electrons. The van der Waals surface area contributed by atoms with Gasteiger partial charge in [0.1, 0.15) is 0 Å². The molecule has 0 aliphatic carbocycles. The summed E-state index contributed by atoms with van der Waals surface area (Å²) in [6, 6.07) is 0. The maximum absolute atomic E-state index is 7.31. The normalized spacial score (nSPS) is 7.20. The molecule has 0 aromatic carbocycles. The van der Waals surface area contributed by atoms with E-state index in [0.29, 0.717) is 0 Å². The molecule has 0 atom stereocenters. The first-order valence-corrected chi connectivity index (χ1v) is 3.12. The van der Waals surface area contributed by atoms with Crippen molar-refractivity contribution in [3.63, 3.8) is 0 Å². The van der Waals surface area contributed by atoms with Crippen LogP contribution in [0.3, 0.4) is 0 Å². The van der Waals surface area contributed by atoms with Crippen LogP contribution in [0.5, 0.6) is 0 Å². The van der Waals surface area contributed by atoms with Gasteiger partial charge < -0.3 is 0 Å². The van der Waals surface area contributed by atoms with E-state index in [1.165, 1.54) is 0 Å². The summed E-state index contributed by atoms with van der Waals surface area (Å²) < 4.78 is 21.9. The minimum atomic E-state index is -3.19. The molecule has 0 heterocycles. The molecule has 0 unspecified atom stereocenters. The van der Waals surface area contributed by atoms with Crippen LogP contribution in [0, 0.1) is 0 Å². The predicted octanol–water partition coefficient (Wildman–Crippen LogP) is -2.70. The second kappa shape index (κ2) is 6.07. The van der Waals surface area contributed by atoms with Gasteiger partial charge >= 0.3 is 79.3 Å². The second-order valence-corrected chi connectivity index (χ2v) is 1.39. The average Bonchev–Trinajstić information content (AvgIpc) is 0.811. The molecule has 0 amide bonds. The summed E-state index contributed by atoms with van der Waals surface area (Å²) in [5, 5.41) is 0. The van der Waals surface area contributed by atoms with E-state index in [-0.39, 0.29) is 51.4 Å². The van der Waals surface area contributed by atoms with Crippen molar-refractivity contribution in [3.05, 3.63) is 0 Å². The predicted molar refractivity (Wildman–Crippen MR) is 19.6 cm³/mol. The summed E-state index contributed by atoms with van der Waals surface area (Å²) >= 11 is -3.19. The molecular weight excluding hydrogens is 162 g/mol. The molecule has 0 bridgehead atoms. The molecule has 5 heteroatoms. The second-order valence-electron chi connectivity index (χ2n) is 0.268. The molecule has 0 fully saturated rings. The van der Waals surface area contributed by atoms with Crippen molar-refractivity contribution in [1.29, 1.82) is 0 Å². The van der Waals surface area contributed by atoms with Crippen LogP contribution in [0.1, 0.15) is 0 Å². The van der Waals surface area contributed by atoms with E-state index in [9.17, 15) is 0 Å². The molecule has 5 heavy (non-hydrogen) atoms. The van der Waals surface area contributed by atoms with Gasteiger partial charge in [0, 0.05) is 0 Å². The number of rotatable bonds is 0. The first-order valence-electron chi connectivity index (χ1n) is 0.600. The summed E-state index contributed by atoms with van der Waals surface area (Å²) in [5.74, 6) is 0. The zero-order valence-electron chi connectivity index (χ0n) is 1.79. The minimum absolute atomic E-state index is 0. The number of hydrogen-bond donors (Lipinski definition) is 3. The van der Waals surface area contributed by atoms with Crippen LogP contribution in [0.4, 0.5) is 0 Å². The Hall–Kier alpha value is 2.07. The molecule has 0 aromatic heterocycles. The third-order valence-corrected chi connectivity index (χ3v) is 0. The van der Waals surface area contributed by atoms with E-state index in [1.54, 1.807) is 0 Å². The van der Waals surface area contributed by atoms with Gasteiger partial charge in [0.15, 0.2) is 0 Å². The van der Waals surface area contributed by atoms with Crippen molar-refractivity contribution in [2.24, 2.45) is 0 Å². The monoisotopic (exact) mass is 166 g/mol. The van der Waals surface area contributed by atoms with Gasteiger partial charge in [-0.15, -0.1) is 0 Å². The first kappa shape index (κ1) is 10.1. The summed E-state index contributed by atoms with van der Waals surface area (Å²) in [4.78, 5) is 0. The van der Waals surface area contributed by atoms with Gasteiger partial charge in [0.05, 0.1) is 0 Å². The van der Waals surface area contributed by atoms with Crippen LogP contribution in [0.2, 0.25) is 0 Å². The molecule has 3 nitrogen and oxygen atoms in total. The Balaban J connectivity index is 0. The Morgan fingerprint density at radius 2 is 1.00 bits per heavy atom. The van der Waals surface area contributed by atoms with Crippen molar-refractivity contribution in [2.45, 2.75) is 0 Å². The quantitative estimate of drug-likeness (QED) is 0.343. The van der Waals surface area contributed by atoms with Gasteiger partial charge in [-0.3, -0.25) is 0 Å². The molecule has 0 aliphatic rings. The first-order chi connectivity index (χ1) is 1.73. The zero-order chi connectivity index (χ0) is 3.58. The van der Waals surface area contributed by atoms with Crippen LogP contribution >= 0.6 is 0 Å². The van der Waals surface area contributed by atoms with E-state index in [2.05, 4.69) is 0 Å². The zero-order valence-corrected chi connectivity index (χ0v) is 3.67. The third-order valence-electron chi connectivity index (χ3n) is 0. The van der Waals surface area contributed by atoms with Crippen molar-refractivity contribution in [1.82, 2.24) is 0 Å². The van der Waals surface area contributed by atoms with Gasteiger partial charge in [-0.25, -0.2) is 0 Å². The van der Waals surface area contributed by atoms with E-state index >= 15 is 0 Å². The van der Waals surface area contributed by atoms with Gasteiger partial charge in [0.2, 0.25) is 0 Å². The van der Waals surface area contributed by atoms with Gasteiger partial charge in [-0.2, -0.15) is 0 Å². The summed E-state index contributed by atoms with van der Waals surface area (Å²) in [5.41, 5.74) is 0. The van der Waals surface area contributed by atoms with Crippen LogP contribution in [0.15, 0.2) is 0 Å². The van der Waals surface area contributed by atoms with Crippen molar-refractivity contribution >= 4 is 67.1 Å². The topological polar surface area (TPSA) is 60.7 Å². The SMILES string of the molecule is O[As](O)O.[KH]. The van der Waals surface area contributed by atoms with Crippen molar-refractivity contribution in [2.75, 3.05) is 0 Å². The Bertz CT molecular complexity index is 11.6. The van der Waals surface area contributed by atoms with Crippen LogP contribution in [-0.2, 0) is 0 Å². The number of hydrogen-bond acceptors (Lipinski definition) is 3. The van der Waals surface area contributed by atoms with Gasteiger partial charge in [0.25, 0.3) is 0 Å². The molecule has 0 saturated heterocycles. The fourth-order valence-corrected chi connectivity index (χ4v) is 0. The van der Waals surface area contributed by atoms with Crippen LogP contribution in [-0.4, -0.2) is 79.3 Å². The summed E-state index contributed by atoms with van der Waals surface area (Å²) in [7, 11) is 0. The molecule has 0 spiro atoms. The summed E-state index contributed by atoms with van der Waals surface area (Å²) in [6.07, 6.45) is 0. The van der Waals surface area contributed by atoms with Crippen LogP contribution in [0.25, 0.3) is 0 Å². The van der Waals surface area contributed by atoms with Gasteiger partial charge in [-0.05, 0) is 0 Å². The summed E-state index contributed by atoms with van der Waals surface area (Å²) in [6.45, 7) is 0. The molecule has 0 aliphatic heterocycles. The molecular formula is H4AsKO3. The Labute approximate surface area is 77.8 Å².